The summed E-state index contributed by atoms with van der Waals surface area (Å²) < 4.78 is 0.141. The van der Waals surface area contributed by atoms with Crippen LogP contribution < -0.4 is 12.4 Å². The Hall–Kier alpha value is -0.350. The van der Waals surface area contributed by atoms with E-state index in [4.69, 9.17) is 0 Å². The molecule has 1 unspecified atom stereocenters. The van der Waals surface area contributed by atoms with Crippen LogP contribution in [-0.2, 0) is 0 Å². The highest BCUT2D eigenvalue weighted by atomic mass is 35.5. The maximum atomic E-state index is 9.77. The molecule has 84 valence electrons. The minimum atomic E-state index is -1.75. The first-order valence-corrected chi connectivity index (χ1v) is 4.44. The molecule has 14 heavy (non-hydrogen) atoms. The van der Waals surface area contributed by atoms with Crippen LogP contribution in [0.15, 0.2) is 25.3 Å². The zero-order chi connectivity index (χ0) is 10.5. The molecule has 2 N–H and O–H groups in total. The van der Waals surface area contributed by atoms with Crippen LogP contribution in [0.4, 0.5) is 0 Å². The maximum Gasteiger partial charge on any atom is 0.317 e. The van der Waals surface area contributed by atoms with Gasteiger partial charge in [-0.2, -0.15) is 0 Å². The first-order chi connectivity index (χ1) is 5.93. The van der Waals surface area contributed by atoms with Crippen molar-refractivity contribution in [1.29, 1.82) is 0 Å². The van der Waals surface area contributed by atoms with Crippen molar-refractivity contribution in [2.45, 2.75) is 19.3 Å². The van der Waals surface area contributed by atoms with Gasteiger partial charge in [0.15, 0.2) is 0 Å². The average Bonchev–Trinajstić information content (AvgIpc) is 2.04. The lowest BCUT2D eigenvalue weighted by Crippen LogP contribution is -3.00. The molecule has 4 heteroatoms. The summed E-state index contributed by atoms with van der Waals surface area (Å²) in [6.45, 7) is 10.2. The lowest BCUT2D eigenvalue weighted by molar-refractivity contribution is -1.00. The van der Waals surface area contributed by atoms with Gasteiger partial charge in [-0.15, -0.1) is 6.58 Å². The van der Waals surface area contributed by atoms with E-state index in [1.54, 1.807) is 13.1 Å². The molecule has 0 saturated carbocycles. The molecular weight excluding hydrogens is 202 g/mol. The summed E-state index contributed by atoms with van der Waals surface area (Å²) in [5, 5.41) is 19.5. The number of quaternary nitrogens is 1. The van der Waals surface area contributed by atoms with Gasteiger partial charge in [0.2, 0.25) is 0 Å². The fourth-order valence-corrected chi connectivity index (χ4v) is 1.23. The Bertz CT molecular complexity index is 195. The van der Waals surface area contributed by atoms with Crippen molar-refractivity contribution in [3.63, 3.8) is 0 Å². The number of hydrogen-bond donors (Lipinski definition) is 2. The van der Waals surface area contributed by atoms with Gasteiger partial charge in [-0.25, -0.2) is 0 Å². The van der Waals surface area contributed by atoms with E-state index in [1.165, 1.54) is 6.08 Å². The molecule has 1 atom stereocenters. The van der Waals surface area contributed by atoms with Gasteiger partial charge in [0, 0.05) is 0 Å². The second-order valence-corrected chi connectivity index (χ2v) is 3.45. The Morgan fingerprint density at radius 2 is 1.79 bits per heavy atom. The second kappa shape index (κ2) is 6.19. The van der Waals surface area contributed by atoms with E-state index in [2.05, 4.69) is 13.2 Å². The van der Waals surface area contributed by atoms with Crippen molar-refractivity contribution in [3.8, 4) is 0 Å². The Balaban J connectivity index is 0. The zero-order valence-corrected chi connectivity index (χ0v) is 9.67. The third-order valence-corrected chi connectivity index (χ3v) is 2.51. The Labute approximate surface area is 92.4 Å². The highest BCUT2D eigenvalue weighted by Crippen LogP contribution is 2.21. The summed E-state index contributed by atoms with van der Waals surface area (Å²) in [5.41, 5.74) is 0. The molecule has 0 rings (SSSR count). The van der Waals surface area contributed by atoms with Crippen molar-refractivity contribution in [3.05, 3.63) is 25.3 Å². The number of nitrogens with zero attached hydrogens (tertiary/aromatic N) is 1. The maximum absolute atomic E-state index is 9.77. The van der Waals surface area contributed by atoms with E-state index in [-0.39, 0.29) is 23.3 Å². The van der Waals surface area contributed by atoms with Crippen LogP contribution >= 0.6 is 0 Å². The Kier molecular flexibility index (Phi) is 7.12. The van der Waals surface area contributed by atoms with Crippen LogP contribution in [0.1, 0.15) is 13.3 Å². The van der Waals surface area contributed by atoms with Gasteiger partial charge < -0.3 is 22.6 Å². The highest BCUT2D eigenvalue weighted by Gasteiger charge is 2.42. The molecule has 0 amide bonds. The normalized spacial score (nSPS) is 15.1. The number of rotatable bonds is 6. The number of hydrogen-bond acceptors (Lipinski definition) is 2. The van der Waals surface area contributed by atoms with E-state index < -0.39 is 5.91 Å². The highest BCUT2D eigenvalue weighted by molar-refractivity contribution is 4.74. The van der Waals surface area contributed by atoms with Crippen molar-refractivity contribution in [2.75, 3.05) is 20.1 Å². The topological polar surface area (TPSA) is 40.5 Å². The SMILES string of the molecule is C=CCC(O)(O)[N+](C)(CC)CC=C.[Cl-]. The number of halogens is 1. The van der Waals surface area contributed by atoms with Crippen LogP contribution in [0.2, 0.25) is 0 Å². The Morgan fingerprint density at radius 3 is 2.07 bits per heavy atom. The van der Waals surface area contributed by atoms with E-state index in [0.717, 1.165) is 0 Å². The summed E-state index contributed by atoms with van der Waals surface area (Å²) >= 11 is 0. The summed E-state index contributed by atoms with van der Waals surface area (Å²) in [7, 11) is 1.78. The van der Waals surface area contributed by atoms with E-state index in [1.807, 2.05) is 6.92 Å². The molecule has 0 bridgehead atoms. The number of likely N-dealkylation sites (N-methyl/N-ethyl adjacent to an activating group) is 1. The Morgan fingerprint density at radius 1 is 1.29 bits per heavy atom. The largest absolute Gasteiger partial charge is 1.00 e. The van der Waals surface area contributed by atoms with Crippen molar-refractivity contribution in [1.82, 2.24) is 0 Å². The standard InChI is InChI=1S/C10H20NO2.ClH/c1-5-8-10(12,13)11(4,7-3)9-6-2;/h5-6,12-13H,1-2,7-9H2,3-4H3;1H/q+1;/p-1. The van der Waals surface area contributed by atoms with Crippen LogP contribution in [0, 0.1) is 0 Å². The average molecular weight is 222 g/mol. The molecule has 0 saturated heterocycles. The molecule has 0 aromatic heterocycles. The van der Waals surface area contributed by atoms with Crippen LogP contribution in [0.25, 0.3) is 0 Å². The molecule has 0 aromatic carbocycles. The minimum absolute atomic E-state index is 0. The summed E-state index contributed by atoms with van der Waals surface area (Å²) in [6, 6.07) is 0. The molecule has 0 aromatic rings. The molecule has 0 aliphatic heterocycles. The molecule has 0 aliphatic carbocycles. The molecule has 0 spiro atoms. The molecule has 0 radical (unpaired) electrons. The van der Waals surface area contributed by atoms with Crippen LogP contribution in [-0.4, -0.2) is 40.7 Å². The van der Waals surface area contributed by atoms with Crippen molar-refractivity contribution < 1.29 is 27.1 Å². The lowest BCUT2D eigenvalue weighted by atomic mass is 10.2. The van der Waals surface area contributed by atoms with Gasteiger partial charge >= 0.3 is 5.91 Å². The first-order valence-electron chi connectivity index (χ1n) is 4.44. The smallest absolute Gasteiger partial charge is 0.317 e. The van der Waals surface area contributed by atoms with Gasteiger partial charge in [0.1, 0.15) is 6.54 Å². The minimum Gasteiger partial charge on any atom is -1.00 e. The molecule has 0 aliphatic rings. The summed E-state index contributed by atoms with van der Waals surface area (Å²) in [6.07, 6.45) is 3.36. The predicted molar refractivity (Wildman–Crippen MR) is 53.8 cm³/mol. The molecule has 0 heterocycles. The van der Waals surface area contributed by atoms with Crippen LogP contribution in [0.5, 0.6) is 0 Å². The molecular formula is C10H20ClNO2. The van der Waals surface area contributed by atoms with E-state index in [9.17, 15) is 10.2 Å². The zero-order valence-electron chi connectivity index (χ0n) is 8.91. The fourth-order valence-electron chi connectivity index (χ4n) is 1.23. The predicted octanol–water partition coefficient (Wildman–Crippen LogP) is -2.14. The van der Waals surface area contributed by atoms with Gasteiger partial charge in [-0.3, -0.25) is 4.48 Å². The van der Waals surface area contributed by atoms with Gasteiger partial charge in [-0.05, 0) is 13.0 Å². The number of aliphatic hydroxyl groups is 2. The van der Waals surface area contributed by atoms with Gasteiger partial charge in [-0.1, -0.05) is 12.7 Å². The molecule has 3 nitrogen and oxygen atoms in total. The second-order valence-electron chi connectivity index (χ2n) is 3.45. The van der Waals surface area contributed by atoms with Gasteiger partial charge in [0.05, 0.1) is 20.0 Å². The van der Waals surface area contributed by atoms with E-state index in [0.29, 0.717) is 13.1 Å². The first kappa shape index (κ1) is 16.1. The van der Waals surface area contributed by atoms with E-state index >= 15 is 0 Å². The third-order valence-electron chi connectivity index (χ3n) is 2.51. The summed E-state index contributed by atoms with van der Waals surface area (Å²) in [5.74, 6) is -1.75. The third kappa shape index (κ3) is 3.42. The lowest BCUT2D eigenvalue weighted by Gasteiger charge is -2.42. The summed E-state index contributed by atoms with van der Waals surface area (Å²) in [4.78, 5) is 0. The molecule has 0 fully saturated rings. The van der Waals surface area contributed by atoms with Crippen molar-refractivity contribution >= 4 is 0 Å². The van der Waals surface area contributed by atoms with Gasteiger partial charge in [0.25, 0.3) is 0 Å². The van der Waals surface area contributed by atoms with Crippen molar-refractivity contribution in [2.24, 2.45) is 0 Å². The quantitative estimate of drug-likeness (QED) is 0.305. The fraction of sp³-hybridized carbons (Fsp3) is 0.600. The van der Waals surface area contributed by atoms with Crippen LogP contribution in [0.3, 0.4) is 0 Å². The monoisotopic (exact) mass is 221 g/mol.